The van der Waals surface area contributed by atoms with Crippen molar-refractivity contribution in [3.8, 4) is 0 Å². The van der Waals surface area contributed by atoms with Gasteiger partial charge in [-0.2, -0.15) is 0 Å². The Morgan fingerprint density at radius 2 is 2.21 bits per heavy atom. The number of carbonyl (C=O) groups is 1. The fraction of sp³-hybridized carbons (Fsp3) is 0.429. The second-order valence-corrected chi connectivity index (χ2v) is 8.38. The Balaban J connectivity index is 1.30. The molecule has 5 N–H and O–H groups in total. The smallest absolute Gasteiger partial charge is 0.239 e. The molecule has 1 amide bonds. The van der Waals surface area contributed by atoms with Crippen molar-refractivity contribution < 1.29 is 4.79 Å². The highest BCUT2D eigenvalue weighted by molar-refractivity contribution is 5.94. The molecule has 2 heterocycles. The number of rotatable bonds is 5. The summed E-state index contributed by atoms with van der Waals surface area (Å²) in [5.74, 6) is 7.05. The Bertz CT molecular complexity index is 986. The highest BCUT2D eigenvalue weighted by atomic mass is 16.2. The minimum absolute atomic E-state index is 0.0154. The summed E-state index contributed by atoms with van der Waals surface area (Å²) in [5, 5.41) is 6.35. The number of aromatic nitrogens is 1. The van der Waals surface area contributed by atoms with Crippen LogP contribution in [0, 0.1) is 5.92 Å². The van der Waals surface area contributed by atoms with Gasteiger partial charge in [0, 0.05) is 36.4 Å². The second-order valence-electron chi connectivity index (χ2n) is 8.38. The molecular formula is C21H26N6O. The largest absolute Gasteiger partial charge is 0.397 e. The van der Waals surface area contributed by atoms with E-state index >= 15 is 0 Å². The van der Waals surface area contributed by atoms with Crippen LogP contribution in [-0.2, 0) is 4.79 Å². The summed E-state index contributed by atoms with van der Waals surface area (Å²) >= 11 is 0. The first-order valence-corrected chi connectivity index (χ1v) is 9.89. The lowest BCUT2D eigenvalue weighted by Crippen LogP contribution is -2.39. The molecule has 4 atom stereocenters. The Hall–Kier alpha value is -2.64. The van der Waals surface area contributed by atoms with Gasteiger partial charge in [-0.25, -0.2) is 10.8 Å². The van der Waals surface area contributed by atoms with Gasteiger partial charge in [-0.3, -0.25) is 9.69 Å². The van der Waals surface area contributed by atoms with Crippen molar-refractivity contribution in [3.05, 3.63) is 42.2 Å². The minimum atomic E-state index is 0.0154. The highest BCUT2D eigenvalue weighted by Crippen LogP contribution is 2.66. The molecule has 1 aromatic carbocycles. The van der Waals surface area contributed by atoms with Crippen LogP contribution >= 0.6 is 0 Å². The zero-order valence-corrected chi connectivity index (χ0v) is 16.1. The van der Waals surface area contributed by atoms with Crippen LogP contribution in [-0.4, -0.2) is 46.0 Å². The monoisotopic (exact) mass is 378 g/mol. The van der Waals surface area contributed by atoms with Crippen molar-refractivity contribution >= 4 is 28.2 Å². The minimum Gasteiger partial charge on any atom is -0.397 e. The molecule has 3 aliphatic rings. The number of likely N-dealkylation sites (tertiary alicyclic amines) is 1. The van der Waals surface area contributed by atoms with Crippen molar-refractivity contribution in [2.45, 2.75) is 37.3 Å². The predicted octanol–water partition coefficient (Wildman–Crippen LogP) is 1.86. The maximum Gasteiger partial charge on any atom is 0.239 e. The van der Waals surface area contributed by atoms with Crippen LogP contribution in [0.3, 0.4) is 0 Å². The van der Waals surface area contributed by atoms with Gasteiger partial charge in [-0.05, 0) is 54.7 Å². The first kappa shape index (κ1) is 17.5. The van der Waals surface area contributed by atoms with Crippen molar-refractivity contribution in [1.29, 1.82) is 0 Å². The van der Waals surface area contributed by atoms with Crippen molar-refractivity contribution in [3.63, 3.8) is 0 Å². The van der Waals surface area contributed by atoms with Gasteiger partial charge < -0.3 is 16.1 Å². The van der Waals surface area contributed by atoms with Gasteiger partial charge in [-0.15, -0.1) is 0 Å². The number of nitrogens with two attached hydrogens (primary N) is 2. The van der Waals surface area contributed by atoms with E-state index in [4.69, 9.17) is 11.6 Å². The molecule has 28 heavy (non-hydrogen) atoms. The molecule has 0 bridgehead atoms. The third-order valence-corrected chi connectivity index (χ3v) is 6.79. The quantitative estimate of drug-likeness (QED) is 0.417. The third-order valence-electron chi connectivity index (χ3n) is 6.79. The summed E-state index contributed by atoms with van der Waals surface area (Å²) in [5.41, 5.74) is 7.92. The maximum absolute atomic E-state index is 12.6. The number of nitrogens with one attached hydrogen (secondary N) is 1. The zero-order chi connectivity index (χ0) is 19.5. The molecule has 2 saturated carbocycles. The van der Waals surface area contributed by atoms with E-state index in [9.17, 15) is 4.79 Å². The Morgan fingerprint density at radius 3 is 2.93 bits per heavy atom. The number of hydrazine groups is 1. The second kappa shape index (κ2) is 6.18. The maximum atomic E-state index is 12.6. The Kier molecular flexibility index (Phi) is 3.86. The summed E-state index contributed by atoms with van der Waals surface area (Å²) in [7, 11) is 1.72. The van der Waals surface area contributed by atoms with Crippen LogP contribution in [0.2, 0.25) is 0 Å². The van der Waals surface area contributed by atoms with Gasteiger partial charge in [0.05, 0.1) is 12.2 Å². The molecule has 2 aromatic rings. The van der Waals surface area contributed by atoms with Crippen LogP contribution in [0.5, 0.6) is 0 Å². The normalized spacial score (nSPS) is 30.4. The van der Waals surface area contributed by atoms with Crippen LogP contribution in [0.25, 0.3) is 16.5 Å². The lowest BCUT2D eigenvalue weighted by atomic mass is 9.74. The van der Waals surface area contributed by atoms with E-state index in [1.807, 2.05) is 24.3 Å². The number of anilines is 1. The molecule has 7 heteroatoms. The first-order chi connectivity index (χ1) is 13.5. The zero-order valence-electron chi connectivity index (χ0n) is 16.1. The number of pyridine rings is 1. The highest BCUT2D eigenvalue weighted by Gasteiger charge is 2.73. The molecule has 7 nitrogen and oxygen atoms in total. The molecule has 146 valence electrons. The summed E-state index contributed by atoms with van der Waals surface area (Å²) in [6.45, 7) is 0.472. The molecule has 1 saturated heterocycles. The van der Waals surface area contributed by atoms with Gasteiger partial charge in [0.2, 0.25) is 5.91 Å². The van der Waals surface area contributed by atoms with Gasteiger partial charge in [0.1, 0.15) is 5.82 Å². The molecule has 1 aromatic heterocycles. The Labute approximate surface area is 164 Å². The summed E-state index contributed by atoms with van der Waals surface area (Å²) in [4.78, 5) is 19.3. The van der Waals surface area contributed by atoms with Gasteiger partial charge in [0.15, 0.2) is 0 Å². The fourth-order valence-corrected chi connectivity index (χ4v) is 5.37. The van der Waals surface area contributed by atoms with Gasteiger partial charge >= 0.3 is 0 Å². The number of piperidine rings is 1. The first-order valence-electron chi connectivity index (χ1n) is 9.89. The van der Waals surface area contributed by atoms with Crippen LogP contribution in [0.15, 0.2) is 36.7 Å². The number of fused-ring (bicyclic) bond motifs is 1. The molecule has 1 aliphatic heterocycles. The topological polar surface area (TPSA) is 100 Å². The number of nitrogens with zero attached hydrogens (tertiary/aromatic N) is 3. The summed E-state index contributed by atoms with van der Waals surface area (Å²) in [6, 6.07) is 8.41. The van der Waals surface area contributed by atoms with Crippen LogP contribution in [0.4, 0.5) is 5.82 Å². The van der Waals surface area contributed by atoms with Gasteiger partial charge in [0.25, 0.3) is 0 Å². The van der Waals surface area contributed by atoms with E-state index in [1.54, 1.807) is 19.4 Å². The fourth-order valence-electron chi connectivity index (χ4n) is 5.37. The van der Waals surface area contributed by atoms with E-state index in [-0.39, 0.29) is 5.91 Å². The molecule has 4 unspecified atom stereocenters. The predicted molar refractivity (Wildman–Crippen MR) is 110 cm³/mol. The molecule has 2 aliphatic carbocycles. The van der Waals surface area contributed by atoms with E-state index in [1.165, 1.54) is 30.7 Å². The number of hydrogen-bond donors (Lipinski definition) is 3. The van der Waals surface area contributed by atoms with Crippen LogP contribution in [0.1, 0.15) is 31.2 Å². The molecular weight excluding hydrogens is 352 g/mol. The lowest BCUT2D eigenvalue weighted by Gasteiger charge is -2.35. The Morgan fingerprint density at radius 1 is 1.36 bits per heavy atom. The average molecular weight is 378 g/mol. The molecule has 5 rings (SSSR count). The lowest BCUT2D eigenvalue weighted by molar-refractivity contribution is -0.117. The van der Waals surface area contributed by atoms with Crippen molar-refractivity contribution in [2.24, 2.45) is 17.5 Å². The summed E-state index contributed by atoms with van der Waals surface area (Å²) < 4.78 is 0. The standard InChI is InChI=1S/C21H26N6O/c1-26(23)11-17(22)13-2-3-14-10-24-19(9-15(14)8-13)25-20(28)12-27-18-5-4-16-6-7-21(16,18)27/h2-3,8-11,16,18H,4-7,12,22-23H2,1H3,(H,24,25,28)/b17-11-. The number of carbonyl (C=O) groups excluding carboxylic acids is 1. The van der Waals surface area contributed by atoms with Crippen molar-refractivity contribution in [2.75, 3.05) is 18.9 Å². The number of hydrogen-bond acceptors (Lipinski definition) is 6. The molecule has 1 spiro atoms. The van der Waals surface area contributed by atoms with Crippen LogP contribution < -0.4 is 16.9 Å². The number of benzene rings is 1. The van der Waals surface area contributed by atoms with E-state index in [2.05, 4.69) is 15.2 Å². The third kappa shape index (κ3) is 2.65. The van der Waals surface area contributed by atoms with E-state index in [0.717, 1.165) is 22.3 Å². The SMILES string of the molecule is CN(N)/C=C(\N)c1ccc2cnc(NC(=O)CN3C4CCC5CCC543)cc2c1. The van der Waals surface area contributed by atoms with Gasteiger partial charge in [-0.1, -0.05) is 12.1 Å². The average Bonchev–Trinajstić information content (AvgIpc) is 3.19. The molecule has 0 radical (unpaired) electrons. The molecule has 3 fully saturated rings. The summed E-state index contributed by atoms with van der Waals surface area (Å²) in [6.07, 6.45) is 8.63. The van der Waals surface area contributed by atoms with E-state index in [0.29, 0.717) is 29.6 Å². The van der Waals surface area contributed by atoms with E-state index < -0.39 is 0 Å². The van der Waals surface area contributed by atoms with Crippen molar-refractivity contribution in [1.82, 2.24) is 14.9 Å². The number of amides is 1.